The van der Waals surface area contributed by atoms with Gasteiger partial charge in [0.15, 0.2) is 0 Å². The van der Waals surface area contributed by atoms with E-state index in [4.69, 9.17) is 14.2 Å². The number of carbonyl (C=O) groups is 1. The van der Waals surface area contributed by atoms with Gasteiger partial charge in [-0.2, -0.15) is 13.7 Å². The van der Waals surface area contributed by atoms with Crippen LogP contribution in [0.15, 0.2) is 47.4 Å². The second-order valence-corrected chi connectivity index (χ2v) is 9.10. The number of rotatable bonds is 7. The first-order valence-corrected chi connectivity index (χ1v) is 11.6. The summed E-state index contributed by atoms with van der Waals surface area (Å²) in [5.41, 5.74) is 1.84. The minimum absolute atomic E-state index is 0.0233. The molecule has 1 fully saturated rings. The summed E-state index contributed by atoms with van der Waals surface area (Å²) in [5.74, 6) is -0.0572. The molecule has 1 aliphatic rings. The lowest BCUT2D eigenvalue weighted by atomic mass is 10.0. The Hall–Kier alpha value is -2.89. The largest absolute Gasteiger partial charge is 0.381 e. The molecule has 0 N–H and O–H groups in total. The fraction of sp³-hybridized carbons (Fsp3) is 0.391. The molecule has 0 saturated carbocycles. The summed E-state index contributed by atoms with van der Waals surface area (Å²) in [6, 6.07) is 13.3. The van der Waals surface area contributed by atoms with Crippen LogP contribution < -0.4 is 4.18 Å². The highest BCUT2D eigenvalue weighted by molar-refractivity contribution is 7.87. The van der Waals surface area contributed by atoms with Crippen molar-refractivity contribution < 1.29 is 22.1 Å². The van der Waals surface area contributed by atoms with Crippen molar-refractivity contribution in [1.29, 1.82) is 5.26 Å². The van der Waals surface area contributed by atoms with Gasteiger partial charge in [-0.3, -0.25) is 4.79 Å². The van der Waals surface area contributed by atoms with Gasteiger partial charge in [0, 0.05) is 31.4 Å². The summed E-state index contributed by atoms with van der Waals surface area (Å²) in [4.78, 5) is 14.9. The van der Waals surface area contributed by atoms with E-state index in [0.717, 1.165) is 18.4 Å². The van der Waals surface area contributed by atoms with Crippen molar-refractivity contribution in [3.8, 4) is 11.8 Å². The van der Waals surface area contributed by atoms with E-state index >= 15 is 0 Å². The highest BCUT2D eigenvalue weighted by Crippen LogP contribution is 2.24. The van der Waals surface area contributed by atoms with Crippen LogP contribution in [-0.4, -0.2) is 45.0 Å². The molecule has 8 heteroatoms. The van der Waals surface area contributed by atoms with E-state index in [9.17, 15) is 13.2 Å². The van der Waals surface area contributed by atoms with Crippen molar-refractivity contribution >= 4 is 16.0 Å². The maximum atomic E-state index is 13.1. The fourth-order valence-corrected chi connectivity index (χ4v) is 4.83. The van der Waals surface area contributed by atoms with Crippen LogP contribution in [-0.2, 0) is 14.9 Å². The molecule has 0 aromatic heterocycles. The third-order valence-corrected chi connectivity index (χ3v) is 6.67. The number of amides is 1. The van der Waals surface area contributed by atoms with Crippen LogP contribution >= 0.6 is 0 Å². The van der Waals surface area contributed by atoms with Crippen LogP contribution in [0.1, 0.15) is 40.7 Å². The molecule has 1 aliphatic heterocycles. The standard InChI is InChI=1S/C23H26N2O5S/c1-17-4-5-18(2)22(16-17)31(27,28)30-21-8-6-19(7-9-21)23(26)25(13-3-12-24)20-10-14-29-15-11-20/h4-9,16,20H,3,10-11,13-15H2,1-2H3. The summed E-state index contributed by atoms with van der Waals surface area (Å²) < 4.78 is 36.0. The molecule has 2 aromatic rings. The molecule has 164 valence electrons. The van der Waals surface area contributed by atoms with Gasteiger partial charge in [0.05, 0.1) is 12.5 Å². The second kappa shape index (κ2) is 9.94. The highest BCUT2D eigenvalue weighted by atomic mass is 32.2. The van der Waals surface area contributed by atoms with E-state index in [1.54, 1.807) is 36.1 Å². The molecule has 0 radical (unpaired) electrons. The molecule has 0 spiro atoms. The maximum absolute atomic E-state index is 13.1. The molecule has 1 saturated heterocycles. The Balaban J connectivity index is 1.77. The van der Waals surface area contributed by atoms with Crippen molar-refractivity contribution in [3.63, 3.8) is 0 Å². The van der Waals surface area contributed by atoms with Crippen LogP contribution in [0.4, 0.5) is 0 Å². The molecule has 0 bridgehead atoms. The summed E-state index contributed by atoms with van der Waals surface area (Å²) >= 11 is 0. The Morgan fingerprint density at radius 3 is 2.48 bits per heavy atom. The smallest absolute Gasteiger partial charge is 0.339 e. The molecule has 1 amide bonds. The van der Waals surface area contributed by atoms with Crippen LogP contribution in [0, 0.1) is 25.2 Å². The molecular formula is C23H26N2O5S. The SMILES string of the molecule is Cc1ccc(C)c(S(=O)(=O)Oc2ccc(C(=O)N(CCC#N)C3CCOCC3)cc2)c1. The summed E-state index contributed by atoms with van der Waals surface area (Å²) in [6.07, 6.45) is 1.71. The van der Waals surface area contributed by atoms with E-state index in [-0.39, 0.29) is 29.0 Å². The fourth-order valence-electron chi connectivity index (χ4n) is 3.58. The molecular weight excluding hydrogens is 416 g/mol. The number of ether oxygens (including phenoxy) is 1. The molecule has 31 heavy (non-hydrogen) atoms. The Morgan fingerprint density at radius 1 is 1.16 bits per heavy atom. The quantitative estimate of drug-likeness (QED) is 0.608. The molecule has 7 nitrogen and oxygen atoms in total. The van der Waals surface area contributed by atoms with E-state index in [1.165, 1.54) is 12.1 Å². The molecule has 0 aliphatic carbocycles. The van der Waals surface area contributed by atoms with Crippen LogP contribution in [0.25, 0.3) is 0 Å². The van der Waals surface area contributed by atoms with Gasteiger partial charge in [0.1, 0.15) is 10.6 Å². The Morgan fingerprint density at radius 2 is 1.84 bits per heavy atom. The first-order valence-electron chi connectivity index (χ1n) is 10.2. The van der Waals surface area contributed by atoms with Crippen molar-refractivity contribution in [2.45, 2.75) is 44.0 Å². The number of hydrogen-bond donors (Lipinski definition) is 0. The normalized spacial score (nSPS) is 14.6. The van der Waals surface area contributed by atoms with Gasteiger partial charge in [-0.1, -0.05) is 12.1 Å². The van der Waals surface area contributed by atoms with E-state index in [1.807, 2.05) is 13.0 Å². The number of benzene rings is 2. The highest BCUT2D eigenvalue weighted by Gasteiger charge is 2.26. The zero-order valence-electron chi connectivity index (χ0n) is 17.7. The Labute approximate surface area is 183 Å². The van der Waals surface area contributed by atoms with Crippen molar-refractivity contribution in [2.24, 2.45) is 0 Å². The minimum Gasteiger partial charge on any atom is -0.381 e. The average Bonchev–Trinajstić information content (AvgIpc) is 2.76. The maximum Gasteiger partial charge on any atom is 0.339 e. The zero-order valence-corrected chi connectivity index (χ0v) is 18.5. The Bertz CT molecular complexity index is 1070. The van der Waals surface area contributed by atoms with Crippen molar-refractivity contribution in [3.05, 3.63) is 59.2 Å². The van der Waals surface area contributed by atoms with E-state index in [0.29, 0.717) is 30.9 Å². The summed E-state index contributed by atoms with van der Waals surface area (Å²) in [6.45, 7) is 5.05. The number of aryl methyl sites for hydroxylation is 2. The van der Waals surface area contributed by atoms with Gasteiger partial charge < -0.3 is 13.8 Å². The Kier molecular flexibility index (Phi) is 7.31. The molecule has 0 unspecified atom stereocenters. The van der Waals surface area contributed by atoms with Crippen LogP contribution in [0.5, 0.6) is 5.75 Å². The number of hydrogen-bond acceptors (Lipinski definition) is 6. The van der Waals surface area contributed by atoms with E-state index in [2.05, 4.69) is 6.07 Å². The third kappa shape index (κ3) is 5.63. The second-order valence-electron chi connectivity index (χ2n) is 7.58. The molecule has 3 rings (SSSR count). The topological polar surface area (TPSA) is 96.7 Å². The van der Waals surface area contributed by atoms with Gasteiger partial charge >= 0.3 is 10.1 Å². The lowest BCUT2D eigenvalue weighted by Crippen LogP contribution is -2.43. The van der Waals surface area contributed by atoms with Crippen molar-refractivity contribution in [2.75, 3.05) is 19.8 Å². The summed E-state index contributed by atoms with van der Waals surface area (Å²) in [5, 5.41) is 8.95. The van der Waals surface area contributed by atoms with Crippen LogP contribution in [0.2, 0.25) is 0 Å². The van der Waals surface area contributed by atoms with Gasteiger partial charge in [-0.15, -0.1) is 0 Å². The molecule has 1 heterocycles. The molecule has 0 atom stereocenters. The first-order chi connectivity index (χ1) is 14.8. The van der Waals surface area contributed by atoms with Gasteiger partial charge in [-0.05, 0) is 68.1 Å². The lowest BCUT2D eigenvalue weighted by Gasteiger charge is -2.34. The predicted molar refractivity (Wildman–Crippen MR) is 115 cm³/mol. The lowest BCUT2D eigenvalue weighted by molar-refractivity contribution is 0.0296. The van der Waals surface area contributed by atoms with Gasteiger partial charge in [-0.25, -0.2) is 0 Å². The number of nitrogens with zero attached hydrogens (tertiary/aromatic N) is 2. The summed E-state index contributed by atoms with van der Waals surface area (Å²) in [7, 11) is -3.99. The zero-order chi connectivity index (χ0) is 22.4. The van der Waals surface area contributed by atoms with Gasteiger partial charge in [0.25, 0.3) is 5.91 Å². The molecule has 2 aromatic carbocycles. The minimum atomic E-state index is -3.99. The van der Waals surface area contributed by atoms with Crippen LogP contribution in [0.3, 0.4) is 0 Å². The first kappa shape index (κ1) is 22.8. The predicted octanol–water partition coefficient (Wildman–Crippen LogP) is 3.61. The number of nitriles is 1. The third-order valence-electron chi connectivity index (χ3n) is 5.28. The van der Waals surface area contributed by atoms with Crippen molar-refractivity contribution in [1.82, 2.24) is 4.90 Å². The van der Waals surface area contributed by atoms with E-state index < -0.39 is 10.1 Å². The average molecular weight is 443 g/mol. The monoisotopic (exact) mass is 442 g/mol. The number of carbonyl (C=O) groups excluding carboxylic acids is 1. The van der Waals surface area contributed by atoms with Gasteiger partial charge in [0.2, 0.25) is 0 Å².